The second-order valence-electron chi connectivity index (χ2n) is 4.62. The third-order valence-electron chi connectivity index (χ3n) is 2.86. The van der Waals surface area contributed by atoms with Gasteiger partial charge in [-0.2, -0.15) is 17.8 Å². The molecule has 0 radical (unpaired) electrons. The summed E-state index contributed by atoms with van der Waals surface area (Å²) in [5, 5.41) is 9.40. The monoisotopic (exact) mass is 359 g/mol. The maximum absolute atomic E-state index is 12.9. The van der Waals surface area contributed by atoms with Crippen LogP contribution in [0.5, 0.6) is 0 Å². The Morgan fingerprint density at radius 3 is 2.67 bits per heavy atom. The number of aromatic nitrogens is 3. The topological polar surface area (TPSA) is 103 Å². The molecule has 1 amide bonds. The molecular weight excluding hydrogens is 347 g/mol. The number of halogens is 3. The fourth-order valence-electron chi connectivity index (χ4n) is 1.72. The van der Waals surface area contributed by atoms with E-state index in [1.807, 2.05) is 0 Å². The van der Waals surface area contributed by atoms with E-state index in [2.05, 4.69) is 15.5 Å². The molecule has 24 heavy (non-hydrogen) atoms. The van der Waals surface area contributed by atoms with E-state index in [-0.39, 0.29) is 22.3 Å². The molecule has 2 aromatic rings. The molecule has 0 aliphatic carbocycles. The summed E-state index contributed by atoms with van der Waals surface area (Å²) in [6, 6.07) is 4.62. The quantitative estimate of drug-likeness (QED) is 0.632. The van der Waals surface area contributed by atoms with Crippen LogP contribution in [0.2, 0.25) is 0 Å². The lowest BCUT2D eigenvalue weighted by atomic mass is 10.1. The van der Waals surface area contributed by atoms with Gasteiger partial charge >= 0.3 is 6.18 Å². The van der Waals surface area contributed by atoms with Crippen LogP contribution in [0.3, 0.4) is 0 Å². The normalized spacial score (nSPS) is 11.3. The Kier molecular flexibility index (Phi) is 5.12. The van der Waals surface area contributed by atoms with Crippen molar-refractivity contribution in [1.82, 2.24) is 14.9 Å². The minimum atomic E-state index is -4.59. The number of amides is 1. The molecule has 0 aliphatic rings. The first-order chi connectivity index (χ1) is 11.2. The highest BCUT2D eigenvalue weighted by Gasteiger charge is 2.33. The lowest BCUT2D eigenvalue weighted by Crippen LogP contribution is -2.32. The number of carbonyl (C=O) groups is 1. The van der Waals surface area contributed by atoms with E-state index in [0.717, 1.165) is 28.6 Å². The first-order valence-corrected chi connectivity index (χ1v) is 7.49. The number of hydrogen-bond donors (Lipinski definition) is 2. The Morgan fingerprint density at radius 2 is 2.00 bits per heavy atom. The molecule has 0 aliphatic heterocycles. The van der Waals surface area contributed by atoms with Crippen LogP contribution in [-0.4, -0.2) is 26.5 Å². The number of nitrogens with zero attached hydrogens (tertiary/aromatic N) is 3. The van der Waals surface area contributed by atoms with Crippen molar-refractivity contribution in [3.63, 3.8) is 0 Å². The van der Waals surface area contributed by atoms with Crippen LogP contribution < -0.4 is 16.7 Å². The van der Waals surface area contributed by atoms with E-state index in [9.17, 15) is 22.8 Å². The van der Waals surface area contributed by atoms with Gasteiger partial charge in [-0.3, -0.25) is 9.59 Å². The van der Waals surface area contributed by atoms with Crippen LogP contribution in [0, 0.1) is 6.92 Å². The number of nitrogens with two attached hydrogens (primary N) is 1. The number of nitrogen functional groups attached to an aromatic ring is 1. The Labute approximate surface area is 138 Å². The number of carbonyl (C=O) groups excluding carboxylic acids is 1. The third kappa shape index (κ3) is 4.04. The summed E-state index contributed by atoms with van der Waals surface area (Å²) in [7, 11) is 0. The molecular formula is C13H12F3N5O2S. The van der Waals surface area contributed by atoms with E-state index in [1.54, 1.807) is 0 Å². The number of benzene rings is 1. The first kappa shape index (κ1) is 17.8. The zero-order valence-corrected chi connectivity index (χ0v) is 13.1. The molecule has 0 unspecified atom stereocenters. The second kappa shape index (κ2) is 6.91. The Morgan fingerprint density at radius 1 is 1.33 bits per heavy atom. The summed E-state index contributed by atoms with van der Waals surface area (Å²) in [6.07, 6.45) is -4.59. The molecule has 0 fully saturated rings. The van der Waals surface area contributed by atoms with Crippen LogP contribution >= 0.6 is 11.8 Å². The predicted molar refractivity (Wildman–Crippen MR) is 82.0 cm³/mol. The lowest BCUT2D eigenvalue weighted by Gasteiger charge is -2.13. The summed E-state index contributed by atoms with van der Waals surface area (Å²) in [6.45, 7) is 1.42. The van der Waals surface area contributed by atoms with Crippen molar-refractivity contribution in [2.24, 2.45) is 0 Å². The van der Waals surface area contributed by atoms with Gasteiger partial charge in [-0.05, 0) is 19.1 Å². The van der Waals surface area contributed by atoms with Gasteiger partial charge in [-0.15, -0.1) is 10.2 Å². The van der Waals surface area contributed by atoms with Crippen LogP contribution in [0.15, 0.2) is 34.2 Å². The molecule has 0 spiro atoms. The van der Waals surface area contributed by atoms with E-state index < -0.39 is 23.2 Å². The van der Waals surface area contributed by atoms with E-state index in [4.69, 9.17) is 5.84 Å². The third-order valence-corrected chi connectivity index (χ3v) is 3.80. The number of anilines is 1. The van der Waals surface area contributed by atoms with Gasteiger partial charge in [0.1, 0.15) is 5.69 Å². The lowest BCUT2D eigenvalue weighted by molar-refractivity contribution is -0.137. The van der Waals surface area contributed by atoms with Gasteiger partial charge in [0.15, 0.2) is 0 Å². The zero-order valence-electron chi connectivity index (χ0n) is 12.3. The number of nitrogens with one attached hydrogen (secondary N) is 1. The molecule has 3 N–H and O–H groups in total. The largest absolute Gasteiger partial charge is 0.418 e. The summed E-state index contributed by atoms with van der Waals surface area (Å²) < 4.78 is 39.3. The molecule has 0 atom stereocenters. The second-order valence-corrected chi connectivity index (χ2v) is 5.57. The highest BCUT2D eigenvalue weighted by atomic mass is 32.2. The summed E-state index contributed by atoms with van der Waals surface area (Å²) in [5.41, 5.74) is -1.79. The van der Waals surface area contributed by atoms with Crippen LogP contribution in [-0.2, 0) is 11.0 Å². The van der Waals surface area contributed by atoms with E-state index in [0.29, 0.717) is 0 Å². The molecule has 1 heterocycles. The predicted octanol–water partition coefficient (Wildman–Crippen LogP) is 1.41. The van der Waals surface area contributed by atoms with Crippen molar-refractivity contribution >= 4 is 23.4 Å². The van der Waals surface area contributed by atoms with Crippen molar-refractivity contribution in [3.8, 4) is 0 Å². The van der Waals surface area contributed by atoms with Crippen LogP contribution in [0.4, 0.5) is 18.9 Å². The first-order valence-electron chi connectivity index (χ1n) is 6.50. The Balaban J connectivity index is 2.08. The van der Waals surface area contributed by atoms with Crippen molar-refractivity contribution in [1.29, 1.82) is 0 Å². The fourth-order valence-corrected chi connectivity index (χ4v) is 2.38. The smallest absolute Gasteiger partial charge is 0.334 e. The maximum Gasteiger partial charge on any atom is 0.418 e. The van der Waals surface area contributed by atoms with Crippen LogP contribution in [0.1, 0.15) is 11.3 Å². The number of thioether (sulfide) groups is 1. The average Bonchev–Trinajstić information content (AvgIpc) is 2.51. The highest BCUT2D eigenvalue weighted by molar-refractivity contribution is 7.99. The molecule has 0 saturated heterocycles. The molecule has 0 bridgehead atoms. The number of hydrogen-bond acceptors (Lipinski definition) is 6. The van der Waals surface area contributed by atoms with Gasteiger partial charge in [-0.25, -0.2) is 0 Å². The fraction of sp³-hybridized carbons (Fsp3) is 0.231. The van der Waals surface area contributed by atoms with Crippen molar-refractivity contribution in [2.45, 2.75) is 18.3 Å². The molecule has 1 aromatic carbocycles. The molecule has 0 saturated carbocycles. The number of alkyl halides is 3. The Hall–Kier alpha value is -2.56. The van der Waals surface area contributed by atoms with Gasteiger partial charge in [-0.1, -0.05) is 23.9 Å². The van der Waals surface area contributed by atoms with Gasteiger partial charge in [0, 0.05) is 0 Å². The number of para-hydroxylation sites is 1. The van der Waals surface area contributed by atoms with Gasteiger partial charge in [0.2, 0.25) is 11.1 Å². The summed E-state index contributed by atoms with van der Waals surface area (Å²) >= 11 is 0.782. The molecule has 1 aromatic heterocycles. The number of aryl methyl sites for hydroxylation is 1. The van der Waals surface area contributed by atoms with E-state index >= 15 is 0 Å². The SMILES string of the molecule is Cc1nnc(SCC(=O)Nc2ccccc2C(F)(F)F)n(N)c1=O. The molecule has 128 valence electrons. The molecule has 7 nitrogen and oxygen atoms in total. The Bertz CT molecular complexity index is 822. The average molecular weight is 359 g/mol. The van der Waals surface area contributed by atoms with Gasteiger partial charge in [0.05, 0.1) is 17.0 Å². The molecule has 2 rings (SSSR count). The number of rotatable bonds is 4. The zero-order chi connectivity index (χ0) is 17.9. The van der Waals surface area contributed by atoms with Crippen molar-refractivity contribution in [2.75, 3.05) is 16.9 Å². The van der Waals surface area contributed by atoms with Gasteiger partial charge < -0.3 is 11.2 Å². The summed E-state index contributed by atoms with van der Waals surface area (Å²) in [5.74, 6) is 4.51. The molecule has 11 heteroatoms. The van der Waals surface area contributed by atoms with Gasteiger partial charge in [0.25, 0.3) is 5.56 Å². The van der Waals surface area contributed by atoms with Crippen molar-refractivity contribution < 1.29 is 18.0 Å². The standard InChI is InChI=1S/C13H12F3N5O2S/c1-7-11(23)21(17)12(20-19-7)24-6-10(22)18-9-5-3-2-4-8(9)13(14,15)16/h2-5H,6,17H2,1H3,(H,18,22). The van der Waals surface area contributed by atoms with Crippen molar-refractivity contribution in [3.05, 3.63) is 45.9 Å². The van der Waals surface area contributed by atoms with E-state index in [1.165, 1.54) is 19.1 Å². The summed E-state index contributed by atoms with van der Waals surface area (Å²) in [4.78, 5) is 23.4. The maximum atomic E-state index is 12.9. The minimum Gasteiger partial charge on any atom is -0.334 e. The highest BCUT2D eigenvalue weighted by Crippen LogP contribution is 2.34. The van der Waals surface area contributed by atoms with Crippen LogP contribution in [0.25, 0.3) is 0 Å². The minimum absolute atomic E-state index is 0.0233.